The van der Waals surface area contributed by atoms with E-state index in [2.05, 4.69) is 15.7 Å². The maximum absolute atomic E-state index is 12.4. The monoisotopic (exact) mass is 364 g/mol. The molecule has 2 aromatic carbocycles. The van der Waals surface area contributed by atoms with Gasteiger partial charge in [0, 0.05) is 23.6 Å². The maximum atomic E-state index is 12.4. The lowest BCUT2D eigenvalue weighted by molar-refractivity contribution is -0.119. The van der Waals surface area contributed by atoms with E-state index >= 15 is 0 Å². The second-order valence-electron chi connectivity index (χ2n) is 5.89. The van der Waals surface area contributed by atoms with E-state index in [1.54, 1.807) is 72.5 Å². The molecule has 138 valence electrons. The van der Waals surface area contributed by atoms with Gasteiger partial charge in [-0.25, -0.2) is 0 Å². The average molecular weight is 364 g/mol. The van der Waals surface area contributed by atoms with Crippen LogP contribution < -0.4 is 15.4 Å². The molecule has 1 heterocycles. The molecule has 0 radical (unpaired) electrons. The van der Waals surface area contributed by atoms with Crippen molar-refractivity contribution in [3.05, 3.63) is 72.6 Å². The molecule has 3 aromatic rings. The zero-order valence-corrected chi connectivity index (χ0v) is 15.0. The van der Waals surface area contributed by atoms with Gasteiger partial charge in [-0.15, -0.1) is 0 Å². The Balaban J connectivity index is 1.77. The Morgan fingerprint density at radius 1 is 1.07 bits per heavy atom. The van der Waals surface area contributed by atoms with Crippen LogP contribution in [0.4, 0.5) is 11.4 Å². The van der Waals surface area contributed by atoms with E-state index < -0.39 is 6.04 Å². The topological polar surface area (TPSA) is 85.2 Å². The molecule has 0 bridgehead atoms. The lowest BCUT2D eigenvalue weighted by Gasteiger charge is -2.15. The standard InChI is InChI=1S/C20H20N4O3/c1-14(24-12-6-11-21-24)19(25)22-16-9-10-18(27-2)17(13-16)23-20(26)15-7-4-3-5-8-15/h3-14H,1-2H3,(H,22,25)(H,23,26). The predicted molar refractivity (Wildman–Crippen MR) is 103 cm³/mol. The fourth-order valence-electron chi connectivity index (χ4n) is 2.54. The summed E-state index contributed by atoms with van der Waals surface area (Å²) >= 11 is 0. The van der Waals surface area contributed by atoms with Crippen LogP contribution in [0.15, 0.2) is 67.0 Å². The summed E-state index contributed by atoms with van der Waals surface area (Å²) < 4.78 is 6.87. The highest BCUT2D eigenvalue weighted by Gasteiger charge is 2.16. The van der Waals surface area contributed by atoms with Gasteiger partial charge < -0.3 is 15.4 Å². The molecule has 27 heavy (non-hydrogen) atoms. The van der Waals surface area contributed by atoms with Gasteiger partial charge >= 0.3 is 0 Å². The number of nitrogens with one attached hydrogen (secondary N) is 2. The second-order valence-corrected chi connectivity index (χ2v) is 5.89. The van der Waals surface area contributed by atoms with Gasteiger partial charge in [-0.05, 0) is 43.3 Å². The molecule has 1 unspecified atom stereocenters. The number of ether oxygens (including phenoxy) is 1. The van der Waals surface area contributed by atoms with Crippen molar-refractivity contribution in [3.63, 3.8) is 0 Å². The van der Waals surface area contributed by atoms with Crippen molar-refractivity contribution in [3.8, 4) is 5.75 Å². The maximum Gasteiger partial charge on any atom is 0.255 e. The minimum atomic E-state index is -0.468. The van der Waals surface area contributed by atoms with Crippen LogP contribution in [0.1, 0.15) is 23.3 Å². The molecular weight excluding hydrogens is 344 g/mol. The molecule has 7 heteroatoms. The first-order chi connectivity index (χ1) is 13.1. The Morgan fingerprint density at radius 2 is 1.85 bits per heavy atom. The molecule has 0 aliphatic carbocycles. The molecule has 0 saturated heterocycles. The van der Waals surface area contributed by atoms with Gasteiger partial charge in [-0.1, -0.05) is 18.2 Å². The molecule has 2 N–H and O–H groups in total. The number of amides is 2. The summed E-state index contributed by atoms with van der Waals surface area (Å²) in [7, 11) is 1.52. The van der Waals surface area contributed by atoms with Crippen LogP contribution in [0.3, 0.4) is 0 Å². The normalized spacial score (nSPS) is 11.5. The van der Waals surface area contributed by atoms with E-state index in [1.165, 1.54) is 7.11 Å². The van der Waals surface area contributed by atoms with E-state index in [-0.39, 0.29) is 11.8 Å². The van der Waals surface area contributed by atoms with Crippen LogP contribution in [0.25, 0.3) is 0 Å². The summed E-state index contributed by atoms with van der Waals surface area (Å²) in [5, 5.41) is 9.72. The van der Waals surface area contributed by atoms with Crippen molar-refractivity contribution in [2.24, 2.45) is 0 Å². The highest BCUT2D eigenvalue weighted by Crippen LogP contribution is 2.28. The van der Waals surface area contributed by atoms with Crippen LogP contribution >= 0.6 is 0 Å². The number of carbonyl (C=O) groups is 2. The molecular formula is C20H20N4O3. The largest absolute Gasteiger partial charge is 0.495 e. The zero-order valence-electron chi connectivity index (χ0n) is 15.0. The summed E-state index contributed by atoms with van der Waals surface area (Å²) in [6.45, 7) is 1.75. The number of methoxy groups -OCH3 is 1. The Hall–Kier alpha value is -3.61. The molecule has 0 aliphatic heterocycles. The number of benzene rings is 2. The quantitative estimate of drug-likeness (QED) is 0.702. The number of hydrogen-bond donors (Lipinski definition) is 2. The van der Waals surface area contributed by atoms with E-state index in [0.717, 1.165) is 0 Å². The van der Waals surface area contributed by atoms with E-state index in [4.69, 9.17) is 4.74 Å². The summed E-state index contributed by atoms with van der Waals surface area (Å²) in [6, 6.07) is 15.2. The Bertz CT molecular complexity index is 924. The van der Waals surface area contributed by atoms with E-state index in [1.807, 2.05) is 6.07 Å². The third-order valence-corrected chi connectivity index (χ3v) is 4.05. The third kappa shape index (κ3) is 4.33. The van der Waals surface area contributed by atoms with Gasteiger partial charge in [0.1, 0.15) is 11.8 Å². The van der Waals surface area contributed by atoms with Gasteiger partial charge in [-0.3, -0.25) is 14.3 Å². The Kier molecular flexibility index (Phi) is 5.51. The van der Waals surface area contributed by atoms with Crippen molar-refractivity contribution in [1.29, 1.82) is 0 Å². The molecule has 7 nitrogen and oxygen atoms in total. The molecule has 3 rings (SSSR count). The molecule has 2 amide bonds. The lowest BCUT2D eigenvalue weighted by Crippen LogP contribution is -2.24. The fraction of sp³-hybridized carbons (Fsp3) is 0.150. The highest BCUT2D eigenvalue weighted by atomic mass is 16.5. The van der Waals surface area contributed by atoms with Gasteiger partial charge in [0.15, 0.2) is 0 Å². The van der Waals surface area contributed by atoms with Gasteiger partial charge in [0.25, 0.3) is 5.91 Å². The number of nitrogens with zero attached hydrogens (tertiary/aromatic N) is 2. The number of aromatic nitrogens is 2. The molecule has 0 spiro atoms. The van der Waals surface area contributed by atoms with Crippen molar-refractivity contribution in [2.45, 2.75) is 13.0 Å². The smallest absolute Gasteiger partial charge is 0.255 e. The minimum absolute atomic E-state index is 0.218. The number of rotatable bonds is 6. The first-order valence-electron chi connectivity index (χ1n) is 8.43. The third-order valence-electron chi connectivity index (χ3n) is 4.05. The highest BCUT2D eigenvalue weighted by molar-refractivity contribution is 6.05. The molecule has 1 aromatic heterocycles. The molecule has 0 fully saturated rings. The van der Waals surface area contributed by atoms with Crippen molar-refractivity contribution in [1.82, 2.24) is 9.78 Å². The van der Waals surface area contributed by atoms with Gasteiger partial charge in [0.05, 0.1) is 12.8 Å². The average Bonchev–Trinajstić information content (AvgIpc) is 3.23. The molecule has 0 saturated carbocycles. The summed E-state index contributed by atoms with van der Waals surface area (Å²) in [6.07, 6.45) is 3.35. The van der Waals surface area contributed by atoms with Crippen LogP contribution in [-0.2, 0) is 4.79 Å². The fourth-order valence-corrected chi connectivity index (χ4v) is 2.54. The lowest BCUT2D eigenvalue weighted by atomic mass is 10.2. The van der Waals surface area contributed by atoms with E-state index in [0.29, 0.717) is 22.7 Å². The Labute approximate surface area is 157 Å². The second kappa shape index (κ2) is 8.18. The van der Waals surface area contributed by atoms with Gasteiger partial charge in [0.2, 0.25) is 5.91 Å². The summed E-state index contributed by atoms with van der Waals surface area (Å²) in [4.78, 5) is 24.8. The molecule has 0 aliphatic rings. The Morgan fingerprint density at radius 3 is 2.52 bits per heavy atom. The summed E-state index contributed by atoms with van der Waals surface area (Å²) in [5.74, 6) is 0.0175. The minimum Gasteiger partial charge on any atom is -0.495 e. The van der Waals surface area contributed by atoms with Crippen LogP contribution in [0.5, 0.6) is 5.75 Å². The first-order valence-corrected chi connectivity index (χ1v) is 8.43. The van der Waals surface area contributed by atoms with Crippen molar-refractivity contribution < 1.29 is 14.3 Å². The van der Waals surface area contributed by atoms with E-state index in [9.17, 15) is 9.59 Å². The zero-order chi connectivity index (χ0) is 19.2. The number of carbonyl (C=O) groups excluding carboxylic acids is 2. The first kappa shape index (κ1) is 18.2. The number of hydrogen-bond acceptors (Lipinski definition) is 4. The van der Waals surface area contributed by atoms with Crippen LogP contribution in [0, 0.1) is 0 Å². The SMILES string of the molecule is COc1ccc(NC(=O)C(C)n2cccn2)cc1NC(=O)c1ccccc1. The van der Waals surface area contributed by atoms with Crippen LogP contribution in [-0.4, -0.2) is 28.7 Å². The van der Waals surface area contributed by atoms with Crippen molar-refractivity contribution in [2.75, 3.05) is 17.7 Å². The predicted octanol–water partition coefficient (Wildman–Crippen LogP) is 3.34. The molecule has 1 atom stereocenters. The summed E-state index contributed by atoms with van der Waals surface area (Å²) in [5.41, 5.74) is 1.54. The van der Waals surface area contributed by atoms with Crippen LogP contribution in [0.2, 0.25) is 0 Å². The van der Waals surface area contributed by atoms with Crippen molar-refractivity contribution >= 4 is 23.2 Å². The number of anilines is 2. The van der Waals surface area contributed by atoms with Gasteiger partial charge in [-0.2, -0.15) is 5.10 Å².